The van der Waals surface area contributed by atoms with Crippen LogP contribution in [0.15, 0.2) is 30.3 Å². The molecule has 1 amide bonds. The van der Waals surface area contributed by atoms with Crippen LogP contribution in [0.5, 0.6) is 0 Å². The molecule has 2 N–H and O–H groups in total. The number of hydrogen-bond acceptors (Lipinski definition) is 2. The van der Waals surface area contributed by atoms with Crippen LogP contribution in [0, 0.1) is 5.41 Å². The monoisotopic (exact) mass is 235 g/mol. The van der Waals surface area contributed by atoms with Crippen LogP contribution in [0.1, 0.15) is 32.3 Å². The molecule has 0 fully saturated rings. The molecule has 0 saturated carbocycles. The first-order valence-corrected chi connectivity index (χ1v) is 5.90. The molecule has 1 aromatic carbocycles. The van der Waals surface area contributed by atoms with Crippen LogP contribution in [0.2, 0.25) is 0 Å². The Bertz CT molecular complexity index is 360. The molecule has 3 nitrogen and oxygen atoms in total. The van der Waals surface area contributed by atoms with Crippen molar-refractivity contribution in [2.75, 3.05) is 13.2 Å². The van der Waals surface area contributed by atoms with Gasteiger partial charge in [0, 0.05) is 18.6 Å². The number of carbonyl (C=O) groups is 1. The second-order valence-corrected chi connectivity index (χ2v) is 5.17. The van der Waals surface area contributed by atoms with Gasteiger partial charge in [-0.15, -0.1) is 0 Å². The van der Waals surface area contributed by atoms with Crippen LogP contribution in [-0.4, -0.2) is 24.2 Å². The van der Waals surface area contributed by atoms with Crippen molar-refractivity contribution in [2.45, 2.75) is 26.7 Å². The van der Waals surface area contributed by atoms with E-state index in [4.69, 9.17) is 5.11 Å². The van der Waals surface area contributed by atoms with Crippen molar-refractivity contribution in [3.05, 3.63) is 35.9 Å². The Morgan fingerprint density at radius 1 is 1.35 bits per heavy atom. The molecule has 17 heavy (non-hydrogen) atoms. The molecule has 0 radical (unpaired) electrons. The lowest BCUT2D eigenvalue weighted by Crippen LogP contribution is -2.37. The van der Waals surface area contributed by atoms with Crippen LogP contribution in [-0.2, 0) is 4.79 Å². The largest absolute Gasteiger partial charge is 0.396 e. The topological polar surface area (TPSA) is 49.3 Å². The zero-order valence-corrected chi connectivity index (χ0v) is 10.7. The summed E-state index contributed by atoms with van der Waals surface area (Å²) < 4.78 is 0. The van der Waals surface area contributed by atoms with E-state index in [1.165, 1.54) is 0 Å². The Morgan fingerprint density at radius 2 is 1.94 bits per heavy atom. The highest BCUT2D eigenvalue weighted by Crippen LogP contribution is 2.16. The van der Waals surface area contributed by atoms with Crippen molar-refractivity contribution in [3.63, 3.8) is 0 Å². The first-order chi connectivity index (χ1) is 7.96. The highest BCUT2D eigenvalue weighted by Gasteiger charge is 2.20. The Balaban J connectivity index is 2.54. The molecule has 1 aromatic rings. The van der Waals surface area contributed by atoms with Crippen LogP contribution in [0.25, 0.3) is 0 Å². The van der Waals surface area contributed by atoms with Gasteiger partial charge in [0.2, 0.25) is 5.91 Å². The summed E-state index contributed by atoms with van der Waals surface area (Å²) in [6.45, 7) is 6.27. The van der Waals surface area contributed by atoms with Crippen LogP contribution < -0.4 is 5.32 Å². The highest BCUT2D eigenvalue weighted by atomic mass is 16.3. The number of nitrogens with one attached hydrogen (secondary N) is 1. The van der Waals surface area contributed by atoms with Crippen molar-refractivity contribution >= 4 is 5.91 Å². The number of amides is 1. The van der Waals surface area contributed by atoms with E-state index in [1.54, 1.807) is 0 Å². The minimum atomic E-state index is -0.272. The van der Waals surface area contributed by atoms with Gasteiger partial charge in [0.1, 0.15) is 0 Å². The van der Waals surface area contributed by atoms with Gasteiger partial charge in [-0.25, -0.2) is 0 Å². The van der Waals surface area contributed by atoms with Crippen LogP contribution in [0.4, 0.5) is 0 Å². The van der Waals surface area contributed by atoms with Gasteiger partial charge in [-0.3, -0.25) is 4.79 Å². The Morgan fingerprint density at radius 3 is 2.47 bits per heavy atom. The molecule has 0 aromatic heterocycles. The van der Waals surface area contributed by atoms with Gasteiger partial charge < -0.3 is 10.4 Å². The molecule has 0 spiro atoms. The van der Waals surface area contributed by atoms with Crippen LogP contribution in [0.3, 0.4) is 0 Å². The molecule has 0 bridgehead atoms. The third kappa shape index (κ3) is 4.19. The molecule has 0 aliphatic carbocycles. The summed E-state index contributed by atoms with van der Waals surface area (Å²) in [4.78, 5) is 11.9. The highest BCUT2D eigenvalue weighted by molar-refractivity contribution is 5.83. The quantitative estimate of drug-likeness (QED) is 0.819. The summed E-state index contributed by atoms with van der Waals surface area (Å²) in [6, 6.07) is 9.68. The number of aliphatic hydroxyl groups excluding tert-OH is 1. The Hall–Kier alpha value is -1.35. The van der Waals surface area contributed by atoms with Gasteiger partial charge in [-0.1, -0.05) is 44.2 Å². The maximum Gasteiger partial charge on any atom is 0.227 e. The molecule has 0 saturated heterocycles. The minimum Gasteiger partial charge on any atom is -0.396 e. The fourth-order valence-electron chi connectivity index (χ4n) is 1.43. The predicted octanol–water partition coefficient (Wildman–Crippen LogP) is 1.92. The third-order valence-electron chi connectivity index (χ3n) is 2.86. The van der Waals surface area contributed by atoms with Gasteiger partial charge in [0.15, 0.2) is 0 Å². The molecule has 0 heterocycles. The van der Waals surface area contributed by atoms with Crippen molar-refractivity contribution in [2.24, 2.45) is 5.41 Å². The first-order valence-electron chi connectivity index (χ1n) is 5.90. The Kier molecular flexibility index (Phi) is 4.70. The van der Waals surface area contributed by atoms with Crippen molar-refractivity contribution in [1.82, 2.24) is 5.32 Å². The van der Waals surface area contributed by atoms with Crippen molar-refractivity contribution in [1.29, 1.82) is 0 Å². The predicted molar refractivity (Wildman–Crippen MR) is 68.7 cm³/mol. The average molecular weight is 235 g/mol. The maximum absolute atomic E-state index is 11.9. The molecule has 94 valence electrons. The van der Waals surface area contributed by atoms with Gasteiger partial charge in [0.25, 0.3) is 0 Å². The van der Waals surface area contributed by atoms with Gasteiger partial charge in [-0.2, -0.15) is 0 Å². The summed E-state index contributed by atoms with van der Waals surface area (Å²) >= 11 is 0. The summed E-state index contributed by atoms with van der Waals surface area (Å²) in [7, 11) is 0. The SMILES string of the molecule is CC(C(=O)NCC(C)(C)CO)c1ccccc1. The number of hydrogen-bond donors (Lipinski definition) is 2. The second-order valence-electron chi connectivity index (χ2n) is 5.17. The smallest absolute Gasteiger partial charge is 0.227 e. The van der Waals surface area contributed by atoms with Crippen molar-refractivity contribution in [3.8, 4) is 0 Å². The fourth-order valence-corrected chi connectivity index (χ4v) is 1.43. The molecule has 1 unspecified atom stereocenters. The average Bonchev–Trinajstić information content (AvgIpc) is 2.36. The zero-order valence-electron chi connectivity index (χ0n) is 10.7. The minimum absolute atomic E-state index is 0.00211. The summed E-state index contributed by atoms with van der Waals surface area (Å²) in [5.74, 6) is -0.164. The lowest BCUT2D eigenvalue weighted by atomic mass is 9.94. The molecular formula is C14H21NO2. The van der Waals surface area contributed by atoms with E-state index in [0.29, 0.717) is 6.54 Å². The molecule has 1 rings (SSSR count). The number of rotatable bonds is 5. The lowest BCUT2D eigenvalue weighted by molar-refractivity contribution is -0.122. The maximum atomic E-state index is 11.9. The fraction of sp³-hybridized carbons (Fsp3) is 0.500. The van der Waals surface area contributed by atoms with E-state index in [9.17, 15) is 4.79 Å². The molecular weight excluding hydrogens is 214 g/mol. The lowest BCUT2D eigenvalue weighted by Gasteiger charge is -2.23. The third-order valence-corrected chi connectivity index (χ3v) is 2.86. The molecule has 0 aliphatic heterocycles. The van der Waals surface area contributed by atoms with E-state index in [-0.39, 0.29) is 23.8 Å². The normalized spacial score (nSPS) is 13.2. The number of carbonyl (C=O) groups excluding carboxylic acids is 1. The number of aliphatic hydroxyl groups is 1. The second kappa shape index (κ2) is 5.82. The van der Waals surface area contributed by atoms with E-state index < -0.39 is 0 Å². The van der Waals surface area contributed by atoms with Gasteiger partial charge in [0.05, 0.1) is 5.92 Å². The Labute approximate surface area is 103 Å². The van der Waals surface area contributed by atoms with E-state index in [2.05, 4.69) is 5.32 Å². The summed E-state index contributed by atoms with van der Waals surface area (Å²) in [6.07, 6.45) is 0. The van der Waals surface area contributed by atoms with Crippen LogP contribution >= 0.6 is 0 Å². The van der Waals surface area contributed by atoms with Crippen molar-refractivity contribution < 1.29 is 9.90 Å². The molecule has 1 atom stereocenters. The molecule has 0 aliphatic rings. The summed E-state index contributed by atoms with van der Waals surface area (Å²) in [5.41, 5.74) is 0.735. The van der Waals surface area contributed by atoms with E-state index in [0.717, 1.165) is 5.56 Å². The number of benzene rings is 1. The van der Waals surface area contributed by atoms with Gasteiger partial charge in [-0.05, 0) is 12.5 Å². The van der Waals surface area contributed by atoms with E-state index >= 15 is 0 Å². The molecule has 3 heteroatoms. The van der Waals surface area contributed by atoms with Gasteiger partial charge >= 0.3 is 0 Å². The first kappa shape index (κ1) is 13.7. The summed E-state index contributed by atoms with van der Waals surface area (Å²) in [5, 5.41) is 12.0. The zero-order chi connectivity index (χ0) is 12.9. The standard InChI is InChI=1S/C14H21NO2/c1-11(12-7-5-4-6-8-12)13(17)15-9-14(2,3)10-16/h4-8,11,16H,9-10H2,1-3H3,(H,15,17). The van der Waals surface area contributed by atoms with E-state index in [1.807, 2.05) is 51.1 Å².